The zero-order chi connectivity index (χ0) is 16.9. The van der Waals surface area contributed by atoms with E-state index in [1.54, 1.807) is 24.3 Å². The van der Waals surface area contributed by atoms with E-state index in [0.29, 0.717) is 11.3 Å². The summed E-state index contributed by atoms with van der Waals surface area (Å²) in [7, 11) is 0. The predicted octanol–water partition coefficient (Wildman–Crippen LogP) is 3.38. The van der Waals surface area contributed by atoms with E-state index < -0.39 is 0 Å². The van der Waals surface area contributed by atoms with E-state index in [4.69, 9.17) is 5.73 Å². The second-order valence-electron chi connectivity index (χ2n) is 6.12. The lowest BCUT2D eigenvalue weighted by atomic mass is 10.1. The van der Waals surface area contributed by atoms with Gasteiger partial charge in [-0.3, -0.25) is 9.69 Å². The molecule has 0 unspecified atom stereocenters. The Balaban J connectivity index is 1.67. The number of hydrogen-bond donors (Lipinski definition) is 2. The molecule has 0 spiro atoms. The molecule has 1 aliphatic heterocycles. The molecule has 126 valence electrons. The van der Waals surface area contributed by atoms with Crippen molar-refractivity contribution in [3.63, 3.8) is 0 Å². The highest BCUT2D eigenvalue weighted by Crippen LogP contribution is 2.20. The molecule has 1 amide bonds. The van der Waals surface area contributed by atoms with Gasteiger partial charge in [0.05, 0.1) is 0 Å². The lowest BCUT2D eigenvalue weighted by molar-refractivity contribution is 0.102. The average molecular weight is 341 g/mol. The van der Waals surface area contributed by atoms with Crippen molar-refractivity contribution in [2.45, 2.75) is 13.5 Å². The molecule has 0 radical (unpaired) electrons. The summed E-state index contributed by atoms with van der Waals surface area (Å²) in [6, 6.07) is 13.3. The van der Waals surface area contributed by atoms with E-state index in [1.807, 2.05) is 24.8 Å². The van der Waals surface area contributed by atoms with Crippen LogP contribution < -0.4 is 11.1 Å². The Morgan fingerprint density at radius 1 is 1.21 bits per heavy atom. The molecule has 5 heteroatoms. The first-order valence-electron chi connectivity index (χ1n) is 8.18. The van der Waals surface area contributed by atoms with Crippen LogP contribution in [0.25, 0.3) is 0 Å². The minimum Gasteiger partial charge on any atom is -0.399 e. The topological polar surface area (TPSA) is 58.4 Å². The lowest BCUT2D eigenvalue weighted by Crippen LogP contribution is -2.31. The number of aryl methyl sites for hydroxylation is 1. The van der Waals surface area contributed by atoms with Crippen molar-refractivity contribution in [1.29, 1.82) is 0 Å². The predicted molar refractivity (Wildman–Crippen MR) is 103 cm³/mol. The first kappa shape index (κ1) is 16.9. The van der Waals surface area contributed by atoms with Crippen molar-refractivity contribution in [2.75, 3.05) is 35.6 Å². The second kappa shape index (κ2) is 7.73. The van der Waals surface area contributed by atoms with Crippen LogP contribution in [0.15, 0.2) is 42.5 Å². The maximum absolute atomic E-state index is 12.3. The molecule has 1 saturated heterocycles. The summed E-state index contributed by atoms with van der Waals surface area (Å²) in [5, 5.41) is 2.97. The van der Waals surface area contributed by atoms with Crippen molar-refractivity contribution in [3.8, 4) is 0 Å². The first-order chi connectivity index (χ1) is 11.6. The highest BCUT2D eigenvalue weighted by molar-refractivity contribution is 7.99. The molecule has 24 heavy (non-hydrogen) atoms. The Hall–Kier alpha value is -1.98. The molecule has 1 heterocycles. The number of hydrogen-bond acceptors (Lipinski definition) is 4. The molecule has 1 aliphatic rings. The highest BCUT2D eigenvalue weighted by atomic mass is 32.2. The molecule has 1 fully saturated rings. The van der Waals surface area contributed by atoms with Gasteiger partial charge in [0, 0.05) is 48.1 Å². The van der Waals surface area contributed by atoms with Crippen molar-refractivity contribution >= 4 is 29.0 Å². The summed E-state index contributed by atoms with van der Waals surface area (Å²) in [4.78, 5) is 14.8. The fourth-order valence-electron chi connectivity index (χ4n) is 2.86. The monoisotopic (exact) mass is 341 g/mol. The maximum Gasteiger partial charge on any atom is 0.255 e. The molecular weight excluding hydrogens is 318 g/mol. The van der Waals surface area contributed by atoms with Crippen molar-refractivity contribution in [3.05, 3.63) is 59.2 Å². The third kappa shape index (κ3) is 4.30. The number of rotatable bonds is 4. The van der Waals surface area contributed by atoms with Gasteiger partial charge in [-0.05, 0) is 42.3 Å². The molecule has 3 rings (SSSR count). The Morgan fingerprint density at radius 3 is 2.71 bits per heavy atom. The number of nitrogens with two attached hydrogens (primary N) is 1. The third-order valence-corrected chi connectivity index (χ3v) is 5.14. The van der Waals surface area contributed by atoms with Crippen LogP contribution in [0.3, 0.4) is 0 Å². The van der Waals surface area contributed by atoms with E-state index in [0.717, 1.165) is 30.9 Å². The molecule has 0 saturated carbocycles. The molecule has 4 nitrogen and oxygen atoms in total. The molecule has 0 bridgehead atoms. The number of nitrogen functional groups attached to an aromatic ring is 1. The average Bonchev–Trinajstić information content (AvgIpc) is 2.58. The van der Waals surface area contributed by atoms with E-state index >= 15 is 0 Å². The number of amides is 1. The molecule has 2 aromatic rings. The Morgan fingerprint density at radius 2 is 2.00 bits per heavy atom. The van der Waals surface area contributed by atoms with Crippen LogP contribution in [0, 0.1) is 6.92 Å². The van der Waals surface area contributed by atoms with E-state index in [-0.39, 0.29) is 5.91 Å². The number of benzene rings is 2. The van der Waals surface area contributed by atoms with Gasteiger partial charge in [0.1, 0.15) is 0 Å². The van der Waals surface area contributed by atoms with Gasteiger partial charge in [-0.15, -0.1) is 0 Å². The van der Waals surface area contributed by atoms with Crippen LogP contribution in [-0.4, -0.2) is 35.4 Å². The zero-order valence-corrected chi connectivity index (χ0v) is 14.7. The van der Waals surface area contributed by atoms with Crippen LogP contribution in [0.5, 0.6) is 0 Å². The van der Waals surface area contributed by atoms with Gasteiger partial charge < -0.3 is 11.1 Å². The van der Waals surface area contributed by atoms with Crippen LogP contribution in [0.4, 0.5) is 11.4 Å². The van der Waals surface area contributed by atoms with Crippen molar-refractivity contribution in [1.82, 2.24) is 4.90 Å². The minimum absolute atomic E-state index is 0.133. The normalized spacial score (nSPS) is 15.2. The Kier molecular flexibility index (Phi) is 5.43. The first-order valence-corrected chi connectivity index (χ1v) is 9.34. The number of thioether (sulfide) groups is 1. The zero-order valence-electron chi connectivity index (χ0n) is 13.9. The fourth-order valence-corrected chi connectivity index (χ4v) is 3.83. The minimum atomic E-state index is -0.133. The summed E-state index contributed by atoms with van der Waals surface area (Å²) in [5.41, 5.74) is 10.1. The highest BCUT2D eigenvalue weighted by Gasteiger charge is 2.12. The van der Waals surface area contributed by atoms with Crippen LogP contribution in [0.1, 0.15) is 21.5 Å². The lowest BCUT2D eigenvalue weighted by Gasteiger charge is -2.26. The molecular formula is C19H23N3OS. The van der Waals surface area contributed by atoms with Crippen molar-refractivity contribution in [2.24, 2.45) is 0 Å². The standard InChI is InChI=1S/C19H23N3OS/c1-14-11-15(13-22-7-9-24-10-8-22)5-6-18(14)21-19(23)16-3-2-4-17(20)12-16/h2-6,11-12H,7-10,13,20H2,1H3,(H,21,23). The molecule has 2 aromatic carbocycles. The summed E-state index contributed by atoms with van der Waals surface area (Å²) >= 11 is 2.02. The van der Waals surface area contributed by atoms with Crippen molar-refractivity contribution < 1.29 is 4.79 Å². The second-order valence-corrected chi connectivity index (χ2v) is 7.34. The SMILES string of the molecule is Cc1cc(CN2CCSCC2)ccc1NC(=O)c1cccc(N)c1. The smallest absolute Gasteiger partial charge is 0.255 e. The van der Waals surface area contributed by atoms with E-state index in [9.17, 15) is 4.79 Å². The van der Waals surface area contributed by atoms with Crippen LogP contribution in [-0.2, 0) is 6.54 Å². The fraction of sp³-hybridized carbons (Fsp3) is 0.316. The third-order valence-electron chi connectivity index (χ3n) is 4.20. The number of nitrogens with one attached hydrogen (secondary N) is 1. The van der Waals surface area contributed by atoms with Gasteiger partial charge in [-0.25, -0.2) is 0 Å². The molecule has 0 atom stereocenters. The molecule has 3 N–H and O–H groups in total. The van der Waals surface area contributed by atoms with Gasteiger partial charge in [-0.2, -0.15) is 11.8 Å². The Bertz CT molecular complexity index is 726. The summed E-state index contributed by atoms with van der Waals surface area (Å²) in [6.45, 7) is 5.31. The van der Waals surface area contributed by atoms with Gasteiger partial charge in [0.25, 0.3) is 5.91 Å². The summed E-state index contributed by atoms with van der Waals surface area (Å²) in [6.07, 6.45) is 0. The van der Waals surface area contributed by atoms with Crippen LogP contribution >= 0.6 is 11.8 Å². The van der Waals surface area contributed by atoms with Crippen LogP contribution in [0.2, 0.25) is 0 Å². The molecule has 0 aromatic heterocycles. The van der Waals surface area contributed by atoms with Gasteiger partial charge in [-0.1, -0.05) is 18.2 Å². The number of anilines is 2. The Labute approximate surface area is 147 Å². The van der Waals surface area contributed by atoms with E-state index in [1.165, 1.54) is 17.1 Å². The number of carbonyl (C=O) groups excluding carboxylic acids is 1. The maximum atomic E-state index is 12.3. The number of carbonyl (C=O) groups is 1. The number of nitrogens with zero attached hydrogens (tertiary/aromatic N) is 1. The van der Waals surface area contributed by atoms with E-state index in [2.05, 4.69) is 22.3 Å². The molecule has 0 aliphatic carbocycles. The quantitative estimate of drug-likeness (QED) is 0.837. The van der Waals surface area contributed by atoms with Gasteiger partial charge in [0.2, 0.25) is 0 Å². The van der Waals surface area contributed by atoms with Gasteiger partial charge >= 0.3 is 0 Å². The van der Waals surface area contributed by atoms with Gasteiger partial charge in [0.15, 0.2) is 0 Å². The summed E-state index contributed by atoms with van der Waals surface area (Å²) in [5.74, 6) is 2.30. The largest absolute Gasteiger partial charge is 0.399 e. The summed E-state index contributed by atoms with van der Waals surface area (Å²) < 4.78 is 0.